The molecule has 2 aromatic rings. The number of rotatable bonds is 7. The van der Waals surface area contributed by atoms with Gasteiger partial charge in [-0.1, -0.05) is 24.3 Å². The van der Waals surface area contributed by atoms with E-state index >= 15 is 0 Å². The highest BCUT2D eigenvalue weighted by atomic mass is 16.5. The molecule has 0 heterocycles. The summed E-state index contributed by atoms with van der Waals surface area (Å²) in [7, 11) is 1.57. The Morgan fingerprint density at radius 1 is 1.19 bits per heavy atom. The molecule has 1 atom stereocenters. The average Bonchev–Trinajstić information content (AvgIpc) is 2.63. The number of phenolic OH excluding ortho intramolecular Hbond substituents is 1. The van der Waals surface area contributed by atoms with Crippen LogP contribution < -0.4 is 15.5 Å². The number of carbonyl (C=O) groups excluding carboxylic acids is 2. The fraction of sp³-hybridized carbons (Fsp3) is 0.211. The number of hydrogen-bond acceptors (Lipinski definition) is 5. The highest BCUT2D eigenvalue weighted by Crippen LogP contribution is 2.13. The van der Waals surface area contributed by atoms with Gasteiger partial charge in [0.1, 0.15) is 17.5 Å². The molecule has 0 aliphatic rings. The quantitative estimate of drug-likeness (QED) is 0.519. The average molecular weight is 355 g/mol. The van der Waals surface area contributed by atoms with Gasteiger partial charge in [0.25, 0.3) is 5.91 Å². The molecule has 0 spiro atoms. The summed E-state index contributed by atoms with van der Waals surface area (Å²) in [6.45, 7) is 1.57. The summed E-state index contributed by atoms with van der Waals surface area (Å²) in [5.74, 6) is 0.0396. The minimum atomic E-state index is -0.748. The molecule has 0 saturated carbocycles. The van der Waals surface area contributed by atoms with Crippen LogP contribution in [0.2, 0.25) is 0 Å². The number of hydrazone groups is 1. The Labute approximate surface area is 151 Å². The van der Waals surface area contributed by atoms with Crippen LogP contribution in [0.15, 0.2) is 53.6 Å². The van der Waals surface area contributed by atoms with Crippen molar-refractivity contribution in [2.24, 2.45) is 5.10 Å². The van der Waals surface area contributed by atoms with Crippen LogP contribution >= 0.6 is 0 Å². The van der Waals surface area contributed by atoms with Crippen molar-refractivity contribution in [3.63, 3.8) is 0 Å². The SMILES string of the molecule is COc1ccc(CC(=O)NC(C)C(=O)N/N=C/c2ccccc2O)cc1. The Bertz CT molecular complexity index is 788. The fourth-order valence-electron chi connectivity index (χ4n) is 2.15. The molecule has 7 heteroatoms. The number of benzene rings is 2. The molecule has 2 aromatic carbocycles. The third-order valence-corrected chi connectivity index (χ3v) is 3.61. The second-order valence-electron chi connectivity index (χ2n) is 5.61. The molecule has 7 nitrogen and oxygen atoms in total. The third-order valence-electron chi connectivity index (χ3n) is 3.61. The lowest BCUT2D eigenvalue weighted by atomic mass is 10.1. The Hall–Kier alpha value is -3.35. The molecule has 1 unspecified atom stereocenters. The molecule has 0 aliphatic carbocycles. The number of para-hydroxylation sites is 1. The number of aromatic hydroxyl groups is 1. The van der Waals surface area contributed by atoms with Crippen molar-refractivity contribution in [3.8, 4) is 11.5 Å². The molecular weight excluding hydrogens is 334 g/mol. The third kappa shape index (κ3) is 5.62. The standard InChI is InChI=1S/C19H21N3O4/c1-13(19(25)22-20-12-15-5-3-4-6-17(15)23)21-18(24)11-14-7-9-16(26-2)10-8-14/h3-10,12-13,23H,11H2,1-2H3,(H,21,24)(H,22,25)/b20-12+. The van der Waals surface area contributed by atoms with Crippen molar-refractivity contribution in [1.82, 2.24) is 10.7 Å². The van der Waals surface area contributed by atoms with E-state index < -0.39 is 11.9 Å². The first kappa shape index (κ1) is 19.0. The summed E-state index contributed by atoms with van der Waals surface area (Å²) in [5.41, 5.74) is 3.62. The number of hydrogen-bond donors (Lipinski definition) is 3. The van der Waals surface area contributed by atoms with Gasteiger partial charge in [0.2, 0.25) is 5.91 Å². The molecule has 0 fully saturated rings. The number of nitrogens with one attached hydrogen (secondary N) is 2. The summed E-state index contributed by atoms with van der Waals surface area (Å²) < 4.78 is 5.06. The van der Waals surface area contributed by atoms with E-state index in [1.54, 1.807) is 56.5 Å². The van der Waals surface area contributed by atoms with Crippen LogP contribution in [0.4, 0.5) is 0 Å². The number of nitrogens with zero attached hydrogens (tertiary/aromatic N) is 1. The van der Waals surface area contributed by atoms with Gasteiger partial charge in [-0.15, -0.1) is 0 Å². The lowest BCUT2D eigenvalue weighted by Gasteiger charge is -2.12. The summed E-state index contributed by atoms with van der Waals surface area (Å²) in [4.78, 5) is 24.0. The van der Waals surface area contributed by atoms with E-state index in [-0.39, 0.29) is 18.1 Å². The Kier molecular flexibility index (Phi) is 6.73. The number of methoxy groups -OCH3 is 1. The minimum Gasteiger partial charge on any atom is -0.507 e. The zero-order valence-corrected chi connectivity index (χ0v) is 14.6. The van der Waals surface area contributed by atoms with Crippen LogP contribution in [0.25, 0.3) is 0 Å². The molecular formula is C19H21N3O4. The molecule has 0 saturated heterocycles. The largest absolute Gasteiger partial charge is 0.507 e. The molecule has 0 bridgehead atoms. The topological polar surface area (TPSA) is 100 Å². The van der Waals surface area contributed by atoms with Crippen LogP contribution in [0, 0.1) is 0 Å². The molecule has 2 rings (SSSR count). The summed E-state index contributed by atoms with van der Waals surface area (Å²) in [6, 6.07) is 13.0. The van der Waals surface area contributed by atoms with Crippen LogP contribution in [-0.4, -0.2) is 36.3 Å². The van der Waals surface area contributed by atoms with Gasteiger partial charge in [0.05, 0.1) is 19.7 Å². The Morgan fingerprint density at radius 2 is 1.88 bits per heavy atom. The van der Waals surface area contributed by atoms with Crippen LogP contribution in [0.1, 0.15) is 18.1 Å². The van der Waals surface area contributed by atoms with Crippen LogP contribution in [0.5, 0.6) is 11.5 Å². The van der Waals surface area contributed by atoms with Crippen molar-refractivity contribution >= 4 is 18.0 Å². The predicted molar refractivity (Wildman–Crippen MR) is 98.1 cm³/mol. The zero-order chi connectivity index (χ0) is 18.9. The summed E-state index contributed by atoms with van der Waals surface area (Å²) in [5, 5.41) is 16.0. The lowest BCUT2D eigenvalue weighted by molar-refractivity contribution is -0.128. The monoisotopic (exact) mass is 355 g/mol. The molecule has 0 aromatic heterocycles. The highest BCUT2D eigenvalue weighted by Gasteiger charge is 2.15. The van der Waals surface area contributed by atoms with E-state index in [4.69, 9.17) is 4.74 Å². The van der Waals surface area contributed by atoms with E-state index in [1.165, 1.54) is 12.3 Å². The molecule has 0 radical (unpaired) electrons. The summed E-state index contributed by atoms with van der Waals surface area (Å²) >= 11 is 0. The van der Waals surface area contributed by atoms with Crippen molar-refractivity contribution in [3.05, 3.63) is 59.7 Å². The highest BCUT2D eigenvalue weighted by molar-refractivity contribution is 5.89. The van der Waals surface area contributed by atoms with Gasteiger partial charge in [-0.25, -0.2) is 5.43 Å². The maximum absolute atomic E-state index is 12.0. The second kappa shape index (κ2) is 9.22. The van der Waals surface area contributed by atoms with Crippen molar-refractivity contribution in [2.45, 2.75) is 19.4 Å². The van der Waals surface area contributed by atoms with Crippen molar-refractivity contribution in [1.29, 1.82) is 0 Å². The van der Waals surface area contributed by atoms with Crippen LogP contribution in [-0.2, 0) is 16.0 Å². The number of carbonyl (C=O) groups is 2. The number of amides is 2. The van der Waals surface area contributed by atoms with Gasteiger partial charge < -0.3 is 15.2 Å². The second-order valence-corrected chi connectivity index (χ2v) is 5.61. The van der Waals surface area contributed by atoms with Gasteiger partial charge in [-0.3, -0.25) is 9.59 Å². The smallest absolute Gasteiger partial charge is 0.262 e. The maximum Gasteiger partial charge on any atom is 0.262 e. The first-order valence-corrected chi connectivity index (χ1v) is 8.03. The van der Waals surface area contributed by atoms with Crippen LogP contribution in [0.3, 0.4) is 0 Å². The maximum atomic E-state index is 12.0. The van der Waals surface area contributed by atoms with Crippen molar-refractivity contribution in [2.75, 3.05) is 7.11 Å². The Morgan fingerprint density at radius 3 is 2.54 bits per heavy atom. The molecule has 26 heavy (non-hydrogen) atoms. The number of ether oxygens (including phenoxy) is 1. The predicted octanol–water partition coefficient (Wildman–Crippen LogP) is 1.60. The normalized spacial score (nSPS) is 11.8. The van der Waals surface area contributed by atoms with Gasteiger partial charge in [-0.2, -0.15) is 5.10 Å². The van der Waals surface area contributed by atoms with Crippen molar-refractivity contribution < 1.29 is 19.4 Å². The first-order chi connectivity index (χ1) is 12.5. The molecule has 2 amide bonds. The zero-order valence-electron chi connectivity index (χ0n) is 14.6. The van der Waals surface area contributed by atoms with Gasteiger partial charge in [0.15, 0.2) is 0 Å². The van der Waals surface area contributed by atoms with E-state index in [2.05, 4.69) is 15.8 Å². The van der Waals surface area contributed by atoms with Gasteiger partial charge in [-0.05, 0) is 36.8 Å². The fourth-order valence-corrected chi connectivity index (χ4v) is 2.15. The molecule has 136 valence electrons. The lowest BCUT2D eigenvalue weighted by Crippen LogP contribution is -2.43. The van der Waals surface area contributed by atoms with E-state index in [0.717, 1.165) is 5.56 Å². The number of phenols is 1. The minimum absolute atomic E-state index is 0.0614. The molecule has 0 aliphatic heterocycles. The molecule has 3 N–H and O–H groups in total. The van der Waals surface area contributed by atoms with E-state index in [9.17, 15) is 14.7 Å². The Balaban J connectivity index is 1.82. The summed E-state index contributed by atoms with van der Waals surface area (Å²) in [6.07, 6.45) is 1.49. The van der Waals surface area contributed by atoms with Gasteiger partial charge >= 0.3 is 0 Å². The van der Waals surface area contributed by atoms with E-state index in [1.807, 2.05) is 0 Å². The van der Waals surface area contributed by atoms with E-state index in [0.29, 0.717) is 11.3 Å². The van der Waals surface area contributed by atoms with Gasteiger partial charge in [0, 0.05) is 5.56 Å². The first-order valence-electron chi connectivity index (χ1n) is 8.03.